The fourth-order valence-corrected chi connectivity index (χ4v) is 5.83. The van der Waals surface area contributed by atoms with E-state index in [1.165, 1.54) is 19.3 Å². The number of aromatic nitrogens is 3. The van der Waals surface area contributed by atoms with Crippen molar-refractivity contribution >= 4 is 21.7 Å². The van der Waals surface area contributed by atoms with E-state index in [1.807, 2.05) is 6.07 Å². The number of anilines is 2. The van der Waals surface area contributed by atoms with Crippen LogP contribution in [0, 0.1) is 6.92 Å². The van der Waals surface area contributed by atoms with Gasteiger partial charge in [0.15, 0.2) is 5.89 Å². The fraction of sp³-hybridized carbons (Fsp3) is 0.435. The largest absolute Gasteiger partial charge is 0.449 e. The van der Waals surface area contributed by atoms with Crippen molar-refractivity contribution in [3.63, 3.8) is 0 Å². The molecule has 9 nitrogen and oxygen atoms in total. The minimum atomic E-state index is -3.56. The summed E-state index contributed by atoms with van der Waals surface area (Å²) in [5.41, 5.74) is 1.52. The first-order chi connectivity index (χ1) is 16.0. The highest BCUT2D eigenvalue weighted by atomic mass is 32.2. The Balaban J connectivity index is 1.25. The zero-order valence-corrected chi connectivity index (χ0v) is 19.5. The molecule has 0 amide bonds. The maximum absolute atomic E-state index is 13.2. The van der Waals surface area contributed by atoms with Crippen LogP contribution in [0.25, 0.3) is 11.3 Å². The first-order valence-corrected chi connectivity index (χ1v) is 12.8. The molecule has 33 heavy (non-hydrogen) atoms. The van der Waals surface area contributed by atoms with Crippen LogP contribution in [-0.2, 0) is 10.0 Å². The number of nitrogens with zero attached hydrogens (tertiary/aromatic N) is 6. The average molecular weight is 469 g/mol. The van der Waals surface area contributed by atoms with Crippen LogP contribution in [0.3, 0.4) is 0 Å². The van der Waals surface area contributed by atoms with Crippen molar-refractivity contribution in [2.24, 2.45) is 0 Å². The molecule has 0 unspecified atom stereocenters. The monoisotopic (exact) mass is 468 g/mol. The van der Waals surface area contributed by atoms with Crippen molar-refractivity contribution in [3.05, 3.63) is 48.8 Å². The van der Waals surface area contributed by atoms with Crippen LogP contribution in [0.5, 0.6) is 0 Å². The van der Waals surface area contributed by atoms with Gasteiger partial charge in [0.05, 0.1) is 4.90 Å². The van der Waals surface area contributed by atoms with Gasteiger partial charge in [-0.2, -0.15) is 4.31 Å². The molecule has 5 rings (SSSR count). The van der Waals surface area contributed by atoms with Crippen LogP contribution in [-0.4, -0.2) is 66.9 Å². The van der Waals surface area contributed by atoms with Gasteiger partial charge in [-0.3, -0.25) is 0 Å². The van der Waals surface area contributed by atoms with E-state index in [0.29, 0.717) is 37.8 Å². The van der Waals surface area contributed by atoms with Crippen LogP contribution in [0.2, 0.25) is 0 Å². The minimum Gasteiger partial charge on any atom is -0.449 e. The number of sulfonamides is 1. The Hall–Kier alpha value is -2.98. The van der Waals surface area contributed by atoms with Gasteiger partial charge in [-0.05, 0) is 31.4 Å². The summed E-state index contributed by atoms with van der Waals surface area (Å²) in [6.07, 6.45) is 6.83. The second kappa shape index (κ2) is 9.11. The van der Waals surface area contributed by atoms with Crippen LogP contribution in [0.1, 0.15) is 25.2 Å². The van der Waals surface area contributed by atoms with Crippen LogP contribution < -0.4 is 9.80 Å². The van der Waals surface area contributed by atoms with Crippen molar-refractivity contribution in [2.45, 2.75) is 31.1 Å². The topological polar surface area (TPSA) is 95.7 Å². The average Bonchev–Trinajstić information content (AvgIpc) is 3.31. The first-order valence-electron chi connectivity index (χ1n) is 11.4. The van der Waals surface area contributed by atoms with Crippen molar-refractivity contribution < 1.29 is 12.8 Å². The van der Waals surface area contributed by atoms with E-state index in [9.17, 15) is 8.42 Å². The molecule has 0 atom stereocenters. The van der Waals surface area contributed by atoms with Gasteiger partial charge in [-0.15, -0.1) is 0 Å². The predicted octanol–water partition coefficient (Wildman–Crippen LogP) is 2.94. The number of piperidine rings is 1. The Morgan fingerprint density at radius 3 is 2.09 bits per heavy atom. The van der Waals surface area contributed by atoms with Crippen LogP contribution >= 0.6 is 0 Å². The van der Waals surface area contributed by atoms with Gasteiger partial charge < -0.3 is 14.2 Å². The van der Waals surface area contributed by atoms with Gasteiger partial charge in [0.25, 0.3) is 0 Å². The van der Waals surface area contributed by atoms with Gasteiger partial charge >= 0.3 is 0 Å². The molecule has 10 heteroatoms. The second-order valence-corrected chi connectivity index (χ2v) is 10.4. The third kappa shape index (κ3) is 4.58. The number of benzene rings is 1. The standard InChI is InChI=1S/C23H28N6O3S/c1-18-26-21(16-32-18)19-5-7-20(8-6-19)33(30,31)29-13-11-28(12-14-29)23-15-22(24-17-25-23)27-9-3-2-4-10-27/h5-8,15-17H,2-4,9-14H2,1H3. The van der Waals surface area contributed by atoms with E-state index in [2.05, 4.69) is 24.8 Å². The number of rotatable bonds is 5. The SMILES string of the molecule is Cc1nc(-c2ccc(S(=O)(=O)N3CCN(c4cc(N5CCCCC5)ncn4)CC3)cc2)co1. The van der Waals surface area contributed by atoms with Gasteiger partial charge in [0, 0.05) is 57.8 Å². The lowest BCUT2D eigenvalue weighted by atomic mass is 10.1. The molecular weight excluding hydrogens is 440 g/mol. The normalized spacial score (nSPS) is 18.0. The smallest absolute Gasteiger partial charge is 0.243 e. The summed E-state index contributed by atoms with van der Waals surface area (Å²) in [6, 6.07) is 8.83. The van der Waals surface area contributed by atoms with E-state index in [-0.39, 0.29) is 4.90 Å². The molecule has 1 aromatic carbocycles. The minimum absolute atomic E-state index is 0.286. The van der Waals surface area contributed by atoms with Crippen molar-refractivity contribution in [3.8, 4) is 11.3 Å². The Morgan fingerprint density at radius 2 is 1.48 bits per heavy atom. The summed E-state index contributed by atoms with van der Waals surface area (Å²) in [5, 5.41) is 0. The molecule has 2 saturated heterocycles. The molecule has 0 aliphatic carbocycles. The number of hydrogen-bond acceptors (Lipinski definition) is 8. The third-order valence-corrected chi connectivity index (χ3v) is 8.20. The van der Waals surface area contributed by atoms with E-state index < -0.39 is 10.0 Å². The molecule has 0 bridgehead atoms. The number of oxazole rings is 1. The number of hydrogen-bond donors (Lipinski definition) is 0. The summed E-state index contributed by atoms with van der Waals surface area (Å²) < 4.78 is 33.2. The second-order valence-electron chi connectivity index (χ2n) is 8.45. The first kappa shape index (κ1) is 21.8. The van der Waals surface area contributed by atoms with Crippen LogP contribution in [0.4, 0.5) is 11.6 Å². The zero-order chi connectivity index (χ0) is 22.8. The molecule has 174 valence electrons. The molecular formula is C23H28N6O3S. The molecule has 4 heterocycles. The third-order valence-electron chi connectivity index (χ3n) is 6.29. The predicted molar refractivity (Wildman–Crippen MR) is 126 cm³/mol. The van der Waals surface area contributed by atoms with E-state index in [1.54, 1.807) is 48.1 Å². The van der Waals surface area contributed by atoms with Gasteiger partial charge in [0.1, 0.15) is 29.9 Å². The molecule has 0 spiro atoms. The number of piperazine rings is 1. The molecule has 2 aliphatic heterocycles. The highest BCUT2D eigenvalue weighted by molar-refractivity contribution is 7.89. The molecule has 2 fully saturated rings. The zero-order valence-electron chi connectivity index (χ0n) is 18.7. The Labute approximate surface area is 194 Å². The lowest BCUT2D eigenvalue weighted by Crippen LogP contribution is -2.49. The van der Waals surface area contributed by atoms with E-state index >= 15 is 0 Å². The maximum atomic E-state index is 13.2. The van der Waals surface area contributed by atoms with Crippen molar-refractivity contribution in [2.75, 3.05) is 49.1 Å². The molecule has 2 aliphatic rings. The molecule has 0 saturated carbocycles. The Kier molecular flexibility index (Phi) is 6.03. The maximum Gasteiger partial charge on any atom is 0.243 e. The summed E-state index contributed by atoms with van der Waals surface area (Å²) in [6.45, 7) is 5.83. The summed E-state index contributed by atoms with van der Waals surface area (Å²) in [4.78, 5) is 17.9. The number of aryl methyl sites for hydroxylation is 1. The summed E-state index contributed by atoms with van der Waals surface area (Å²) in [5.74, 6) is 2.39. The van der Waals surface area contributed by atoms with Gasteiger partial charge in [0.2, 0.25) is 10.0 Å². The Bertz CT molecular complexity index is 1200. The highest BCUT2D eigenvalue weighted by Gasteiger charge is 2.29. The fourth-order valence-electron chi connectivity index (χ4n) is 4.41. The lowest BCUT2D eigenvalue weighted by Gasteiger charge is -2.35. The molecule has 0 radical (unpaired) electrons. The summed E-state index contributed by atoms with van der Waals surface area (Å²) >= 11 is 0. The van der Waals surface area contributed by atoms with Crippen molar-refractivity contribution in [1.29, 1.82) is 0 Å². The van der Waals surface area contributed by atoms with Crippen molar-refractivity contribution in [1.82, 2.24) is 19.3 Å². The quantitative estimate of drug-likeness (QED) is 0.564. The summed E-state index contributed by atoms with van der Waals surface area (Å²) in [7, 11) is -3.56. The van der Waals surface area contributed by atoms with Gasteiger partial charge in [-0.25, -0.2) is 23.4 Å². The molecule has 3 aromatic rings. The van der Waals surface area contributed by atoms with E-state index in [0.717, 1.165) is 30.3 Å². The lowest BCUT2D eigenvalue weighted by molar-refractivity contribution is 0.383. The van der Waals surface area contributed by atoms with E-state index in [4.69, 9.17) is 4.42 Å². The van der Waals surface area contributed by atoms with Crippen LogP contribution in [0.15, 0.2) is 52.2 Å². The molecule has 0 N–H and O–H groups in total. The molecule has 2 aromatic heterocycles. The Morgan fingerprint density at radius 1 is 0.848 bits per heavy atom. The van der Waals surface area contributed by atoms with Gasteiger partial charge in [-0.1, -0.05) is 12.1 Å². The highest BCUT2D eigenvalue weighted by Crippen LogP contribution is 2.25.